The van der Waals surface area contributed by atoms with E-state index in [9.17, 15) is 18.0 Å². The van der Waals surface area contributed by atoms with E-state index in [1.54, 1.807) is 48.5 Å². The van der Waals surface area contributed by atoms with E-state index in [1.165, 1.54) is 30.5 Å². The minimum Gasteiger partial charge on any atom is -0.379 e. The van der Waals surface area contributed by atoms with E-state index in [0.717, 1.165) is 10.6 Å². The fourth-order valence-electron chi connectivity index (χ4n) is 2.89. The summed E-state index contributed by atoms with van der Waals surface area (Å²) in [5, 5.41) is 4.78. The lowest BCUT2D eigenvalue weighted by molar-refractivity contribution is 0.0660. The molecule has 0 fully saturated rings. The Hall–Kier alpha value is -3.78. The van der Waals surface area contributed by atoms with E-state index in [0.29, 0.717) is 16.7 Å². The van der Waals surface area contributed by atoms with Crippen LogP contribution in [0.4, 0.5) is 0 Å². The zero-order chi connectivity index (χ0) is 21.3. The molecule has 30 heavy (non-hydrogen) atoms. The van der Waals surface area contributed by atoms with Gasteiger partial charge in [-0.15, -0.1) is 0 Å². The predicted octanol–water partition coefficient (Wildman–Crippen LogP) is 3.39. The second-order valence-corrected chi connectivity index (χ2v) is 8.18. The lowest BCUT2D eigenvalue weighted by Crippen LogP contribution is -2.23. The molecule has 0 aliphatic carbocycles. The van der Waals surface area contributed by atoms with E-state index in [1.807, 2.05) is 6.92 Å². The summed E-state index contributed by atoms with van der Waals surface area (Å²) >= 11 is 0. The van der Waals surface area contributed by atoms with Crippen LogP contribution >= 0.6 is 0 Å². The van der Waals surface area contributed by atoms with Gasteiger partial charge in [0.25, 0.3) is 11.8 Å². The van der Waals surface area contributed by atoms with Crippen molar-refractivity contribution >= 4 is 28.1 Å². The number of fused-ring (bicyclic) bond motifs is 1. The first kappa shape index (κ1) is 19.5. The minimum atomic E-state index is -3.94. The van der Waals surface area contributed by atoms with Gasteiger partial charge in [-0.05, 0) is 61.0 Å². The van der Waals surface area contributed by atoms with Crippen LogP contribution in [0.3, 0.4) is 0 Å². The van der Waals surface area contributed by atoms with E-state index >= 15 is 0 Å². The number of nitrogens with zero attached hydrogens (tertiary/aromatic N) is 2. The highest BCUT2D eigenvalue weighted by molar-refractivity contribution is 7.87. The third-order valence-corrected chi connectivity index (χ3v) is 5.75. The highest BCUT2D eigenvalue weighted by Gasteiger charge is 2.35. The van der Waals surface area contributed by atoms with E-state index < -0.39 is 21.9 Å². The highest BCUT2D eigenvalue weighted by atomic mass is 32.2. The van der Waals surface area contributed by atoms with Crippen LogP contribution in [0.15, 0.2) is 82.8 Å². The van der Waals surface area contributed by atoms with Crippen molar-refractivity contribution in [2.75, 3.05) is 0 Å². The van der Waals surface area contributed by atoms with Crippen molar-refractivity contribution in [3.05, 3.63) is 95.1 Å². The third kappa shape index (κ3) is 3.72. The summed E-state index contributed by atoms with van der Waals surface area (Å²) in [5.74, 6) is -0.847. The number of rotatable bonds is 5. The van der Waals surface area contributed by atoms with Gasteiger partial charge in [-0.2, -0.15) is 18.5 Å². The first-order valence-corrected chi connectivity index (χ1v) is 10.4. The SMILES string of the molecule is Cc1ccc(S(=O)(=O)Oc2ccc(/C=N/N3C(=O)c4ccccc4C3=O)cc2)cc1. The molecule has 0 spiro atoms. The maximum atomic E-state index is 12.3. The van der Waals surface area contributed by atoms with Gasteiger partial charge >= 0.3 is 10.1 Å². The Morgan fingerprint density at radius 2 is 1.40 bits per heavy atom. The normalized spacial score (nSPS) is 13.7. The molecule has 2 amide bonds. The summed E-state index contributed by atoms with van der Waals surface area (Å²) in [6.45, 7) is 1.86. The van der Waals surface area contributed by atoms with E-state index in [4.69, 9.17) is 4.18 Å². The summed E-state index contributed by atoms with van der Waals surface area (Å²) in [7, 11) is -3.94. The van der Waals surface area contributed by atoms with Crippen molar-refractivity contribution in [3.8, 4) is 5.75 Å². The second kappa shape index (κ2) is 7.57. The molecule has 0 radical (unpaired) electrons. The predicted molar refractivity (Wildman–Crippen MR) is 110 cm³/mol. The van der Waals surface area contributed by atoms with Gasteiger partial charge < -0.3 is 4.18 Å². The fourth-order valence-corrected chi connectivity index (χ4v) is 3.83. The number of hydrazone groups is 1. The molecule has 1 heterocycles. The topological polar surface area (TPSA) is 93.1 Å². The molecule has 0 atom stereocenters. The zero-order valence-corrected chi connectivity index (χ0v) is 16.7. The number of carbonyl (C=O) groups is 2. The number of benzene rings is 3. The maximum absolute atomic E-state index is 12.3. The molecule has 0 unspecified atom stereocenters. The molecular weight excluding hydrogens is 404 g/mol. The Balaban J connectivity index is 1.47. The van der Waals surface area contributed by atoms with Gasteiger partial charge in [-0.25, -0.2) is 0 Å². The van der Waals surface area contributed by atoms with Crippen LogP contribution in [0.5, 0.6) is 5.75 Å². The number of aryl methyl sites for hydroxylation is 1. The van der Waals surface area contributed by atoms with Gasteiger partial charge in [0.1, 0.15) is 10.6 Å². The van der Waals surface area contributed by atoms with Gasteiger partial charge in [0.2, 0.25) is 0 Å². The molecule has 3 aromatic rings. The Labute approximate surface area is 173 Å². The molecule has 0 aromatic heterocycles. The van der Waals surface area contributed by atoms with E-state index in [2.05, 4.69) is 5.10 Å². The lowest BCUT2D eigenvalue weighted by atomic mass is 10.1. The van der Waals surface area contributed by atoms with E-state index in [-0.39, 0.29) is 10.6 Å². The Morgan fingerprint density at radius 1 is 0.833 bits per heavy atom. The standard InChI is InChI=1S/C22H16N2O5S/c1-15-6-12-18(13-7-15)30(27,28)29-17-10-8-16(9-11-17)14-23-24-21(25)19-4-2-3-5-20(19)22(24)26/h2-14H,1H3/b23-14+. The Kier molecular flexibility index (Phi) is 4.93. The monoisotopic (exact) mass is 420 g/mol. The lowest BCUT2D eigenvalue weighted by Gasteiger charge is -2.08. The van der Waals surface area contributed by atoms with Crippen LogP contribution in [0.25, 0.3) is 0 Å². The van der Waals surface area contributed by atoms with Crippen LogP contribution in [0.2, 0.25) is 0 Å². The molecule has 8 heteroatoms. The summed E-state index contributed by atoms with van der Waals surface area (Å²) in [6.07, 6.45) is 1.35. The summed E-state index contributed by atoms with van der Waals surface area (Å²) in [4.78, 5) is 24.7. The van der Waals surface area contributed by atoms with Crippen molar-refractivity contribution < 1.29 is 22.2 Å². The van der Waals surface area contributed by atoms with Crippen molar-refractivity contribution in [2.24, 2.45) is 5.10 Å². The minimum absolute atomic E-state index is 0.0596. The number of hydrogen-bond acceptors (Lipinski definition) is 6. The van der Waals surface area contributed by atoms with Gasteiger partial charge in [0.05, 0.1) is 17.3 Å². The van der Waals surface area contributed by atoms with Crippen LogP contribution in [0.1, 0.15) is 31.8 Å². The summed E-state index contributed by atoms with van der Waals surface area (Å²) < 4.78 is 29.8. The van der Waals surface area contributed by atoms with Crippen LogP contribution in [-0.4, -0.2) is 31.5 Å². The van der Waals surface area contributed by atoms with Crippen molar-refractivity contribution in [3.63, 3.8) is 0 Å². The van der Waals surface area contributed by atoms with Crippen LogP contribution in [0, 0.1) is 6.92 Å². The van der Waals surface area contributed by atoms with Gasteiger partial charge in [-0.1, -0.05) is 29.8 Å². The molecule has 0 bridgehead atoms. The average molecular weight is 420 g/mol. The molecule has 1 aliphatic heterocycles. The van der Waals surface area contributed by atoms with Crippen molar-refractivity contribution in [1.29, 1.82) is 0 Å². The summed E-state index contributed by atoms with van der Waals surface area (Å²) in [6, 6.07) is 18.9. The molecule has 0 saturated heterocycles. The molecule has 7 nitrogen and oxygen atoms in total. The average Bonchev–Trinajstić information content (AvgIpc) is 2.98. The Bertz CT molecular complexity index is 1230. The molecule has 0 saturated carbocycles. The van der Waals surface area contributed by atoms with Gasteiger partial charge in [0, 0.05) is 0 Å². The fraction of sp³-hybridized carbons (Fsp3) is 0.0455. The smallest absolute Gasteiger partial charge is 0.339 e. The van der Waals surface area contributed by atoms with Gasteiger partial charge in [0.15, 0.2) is 0 Å². The molecule has 1 aliphatic rings. The molecule has 150 valence electrons. The zero-order valence-electron chi connectivity index (χ0n) is 15.8. The number of imide groups is 1. The van der Waals surface area contributed by atoms with Crippen molar-refractivity contribution in [1.82, 2.24) is 5.01 Å². The molecule has 0 N–H and O–H groups in total. The maximum Gasteiger partial charge on any atom is 0.339 e. The number of hydrogen-bond donors (Lipinski definition) is 0. The molecule has 3 aromatic carbocycles. The highest BCUT2D eigenvalue weighted by Crippen LogP contribution is 2.23. The largest absolute Gasteiger partial charge is 0.379 e. The first-order chi connectivity index (χ1) is 14.3. The molecule has 4 rings (SSSR count). The third-order valence-electron chi connectivity index (χ3n) is 4.49. The van der Waals surface area contributed by atoms with Crippen LogP contribution < -0.4 is 4.18 Å². The molecular formula is C22H16N2O5S. The number of amides is 2. The Morgan fingerprint density at radius 3 is 1.97 bits per heavy atom. The van der Waals surface area contributed by atoms with Gasteiger partial charge in [-0.3, -0.25) is 9.59 Å². The van der Waals surface area contributed by atoms with Crippen LogP contribution in [-0.2, 0) is 10.1 Å². The van der Waals surface area contributed by atoms with Crippen molar-refractivity contribution in [2.45, 2.75) is 11.8 Å². The summed E-state index contributed by atoms with van der Waals surface area (Å²) in [5.41, 5.74) is 2.12. The quantitative estimate of drug-likeness (QED) is 0.358. The first-order valence-electron chi connectivity index (χ1n) is 8.98. The number of carbonyl (C=O) groups excluding carboxylic acids is 2. The second-order valence-electron chi connectivity index (χ2n) is 6.63.